The Morgan fingerprint density at radius 2 is 1.70 bits per heavy atom. The summed E-state index contributed by atoms with van der Waals surface area (Å²) in [6, 6.07) is 19.4. The van der Waals surface area contributed by atoms with E-state index in [4.69, 9.17) is 21.1 Å². The van der Waals surface area contributed by atoms with Crippen molar-refractivity contribution < 1.29 is 19.1 Å². The van der Waals surface area contributed by atoms with E-state index in [1.807, 2.05) is 31.2 Å². The van der Waals surface area contributed by atoms with E-state index in [0.717, 1.165) is 21.2 Å². The summed E-state index contributed by atoms with van der Waals surface area (Å²) in [7, 11) is 1.58. The van der Waals surface area contributed by atoms with Crippen molar-refractivity contribution in [3.8, 4) is 11.5 Å². The van der Waals surface area contributed by atoms with Gasteiger partial charge in [0.15, 0.2) is 0 Å². The van der Waals surface area contributed by atoms with Gasteiger partial charge in [0, 0.05) is 15.6 Å². The summed E-state index contributed by atoms with van der Waals surface area (Å²) in [5.74, 6) is 0.223. The molecule has 8 heteroatoms. The van der Waals surface area contributed by atoms with Gasteiger partial charge >= 0.3 is 5.97 Å². The van der Waals surface area contributed by atoms with Crippen LogP contribution in [0.4, 0.5) is 0 Å². The predicted molar refractivity (Wildman–Crippen MR) is 131 cm³/mol. The summed E-state index contributed by atoms with van der Waals surface area (Å²) in [5.41, 5.74) is 4.81. The molecule has 1 aromatic heterocycles. The van der Waals surface area contributed by atoms with Crippen LogP contribution in [0.2, 0.25) is 5.02 Å². The molecule has 1 amide bonds. The lowest BCUT2D eigenvalue weighted by molar-refractivity contribution is 0.0739. The van der Waals surface area contributed by atoms with E-state index in [9.17, 15) is 9.59 Å². The Bertz CT molecular complexity index is 1350. The van der Waals surface area contributed by atoms with Gasteiger partial charge in [0.2, 0.25) is 0 Å². The smallest absolute Gasteiger partial charge is 0.355 e. The SMILES string of the molecule is COc1ccc2c(Cl)c(C(=O)Oc3ccc(C=NNC(=O)c4ccc(C)cc4)cc3)sc2c1. The van der Waals surface area contributed by atoms with Crippen LogP contribution in [0, 0.1) is 6.92 Å². The van der Waals surface area contributed by atoms with Gasteiger partial charge in [0.1, 0.15) is 16.4 Å². The fraction of sp³-hybridized carbons (Fsp3) is 0.0800. The number of halogens is 1. The van der Waals surface area contributed by atoms with Gasteiger partial charge in [-0.15, -0.1) is 11.3 Å². The Labute approximate surface area is 199 Å². The molecule has 1 N–H and O–H groups in total. The standard InChI is InChI=1S/C25H19ClN2O4S/c1-15-3-7-17(8-4-15)24(29)28-27-14-16-5-9-18(10-6-16)32-25(30)23-22(26)20-12-11-19(31-2)13-21(20)33-23/h3-14H,1-2H3,(H,28,29). The Hall–Kier alpha value is -3.68. The average Bonchev–Trinajstić information content (AvgIpc) is 3.16. The molecule has 0 radical (unpaired) electrons. The zero-order chi connectivity index (χ0) is 23.4. The Kier molecular flexibility index (Phi) is 6.72. The zero-order valence-corrected chi connectivity index (χ0v) is 19.4. The number of rotatable bonds is 6. The first-order valence-corrected chi connectivity index (χ1v) is 11.1. The summed E-state index contributed by atoms with van der Waals surface area (Å²) in [4.78, 5) is 25.1. The maximum absolute atomic E-state index is 12.6. The lowest BCUT2D eigenvalue weighted by Gasteiger charge is -2.04. The van der Waals surface area contributed by atoms with Crippen molar-refractivity contribution in [1.29, 1.82) is 0 Å². The summed E-state index contributed by atoms with van der Waals surface area (Å²) in [6.45, 7) is 1.95. The molecule has 0 fully saturated rings. The number of fused-ring (bicyclic) bond motifs is 1. The van der Waals surface area contributed by atoms with Crippen molar-refractivity contribution in [3.05, 3.63) is 93.3 Å². The molecule has 0 unspecified atom stereocenters. The maximum atomic E-state index is 12.6. The second kappa shape index (κ2) is 9.85. The molecule has 0 saturated carbocycles. The van der Waals surface area contributed by atoms with E-state index >= 15 is 0 Å². The molecule has 33 heavy (non-hydrogen) atoms. The molecule has 4 rings (SSSR count). The maximum Gasteiger partial charge on any atom is 0.355 e. The second-order valence-corrected chi connectivity index (χ2v) is 8.56. The third kappa shape index (κ3) is 5.22. The van der Waals surface area contributed by atoms with E-state index in [1.54, 1.807) is 49.6 Å². The van der Waals surface area contributed by atoms with Crippen molar-refractivity contribution >= 4 is 51.1 Å². The van der Waals surface area contributed by atoms with Crippen LogP contribution in [-0.4, -0.2) is 25.2 Å². The number of carbonyl (C=O) groups excluding carboxylic acids is 2. The third-order valence-corrected chi connectivity index (χ3v) is 6.44. The molecule has 0 spiro atoms. The van der Waals surface area contributed by atoms with Gasteiger partial charge < -0.3 is 9.47 Å². The van der Waals surface area contributed by atoms with Crippen molar-refractivity contribution in [1.82, 2.24) is 5.43 Å². The Morgan fingerprint density at radius 1 is 1.00 bits per heavy atom. The molecule has 0 saturated heterocycles. The molecule has 0 aliphatic carbocycles. The molecule has 0 aliphatic heterocycles. The number of benzene rings is 3. The second-order valence-electron chi connectivity index (χ2n) is 7.13. The molecule has 0 aliphatic rings. The highest BCUT2D eigenvalue weighted by molar-refractivity contribution is 7.21. The molecule has 0 atom stereocenters. The first-order chi connectivity index (χ1) is 15.9. The van der Waals surface area contributed by atoms with Gasteiger partial charge in [-0.25, -0.2) is 10.2 Å². The van der Waals surface area contributed by atoms with E-state index in [1.165, 1.54) is 17.6 Å². The van der Waals surface area contributed by atoms with E-state index < -0.39 is 5.97 Å². The van der Waals surface area contributed by atoms with Crippen LogP contribution >= 0.6 is 22.9 Å². The van der Waals surface area contributed by atoms with Crippen LogP contribution in [0.15, 0.2) is 71.8 Å². The molecule has 0 bridgehead atoms. The minimum Gasteiger partial charge on any atom is -0.497 e. The number of carbonyl (C=O) groups is 2. The largest absolute Gasteiger partial charge is 0.497 e. The number of amides is 1. The fourth-order valence-electron chi connectivity index (χ4n) is 3.01. The summed E-state index contributed by atoms with van der Waals surface area (Å²) < 4.78 is 11.5. The zero-order valence-electron chi connectivity index (χ0n) is 17.8. The number of nitrogens with one attached hydrogen (secondary N) is 1. The van der Waals surface area contributed by atoms with E-state index in [-0.39, 0.29) is 5.91 Å². The molecular weight excluding hydrogens is 460 g/mol. The first-order valence-electron chi connectivity index (χ1n) is 9.93. The van der Waals surface area contributed by atoms with Gasteiger partial charge in [0.05, 0.1) is 18.3 Å². The van der Waals surface area contributed by atoms with Gasteiger partial charge in [-0.05, 0) is 67.1 Å². The Morgan fingerprint density at radius 3 is 2.39 bits per heavy atom. The monoisotopic (exact) mass is 478 g/mol. The minimum absolute atomic E-state index is 0.297. The van der Waals surface area contributed by atoms with Crippen LogP contribution < -0.4 is 14.9 Å². The molecular formula is C25H19ClN2O4S. The summed E-state index contributed by atoms with van der Waals surface area (Å²) >= 11 is 7.64. The highest BCUT2D eigenvalue weighted by Crippen LogP contribution is 2.37. The highest BCUT2D eigenvalue weighted by atomic mass is 35.5. The number of hydrazone groups is 1. The molecule has 1 heterocycles. The number of nitrogens with zero attached hydrogens (tertiary/aromatic N) is 1. The number of aryl methyl sites for hydroxylation is 1. The minimum atomic E-state index is -0.535. The number of methoxy groups -OCH3 is 1. The van der Waals surface area contributed by atoms with Crippen molar-refractivity contribution in [2.75, 3.05) is 7.11 Å². The molecule has 4 aromatic rings. The van der Waals surface area contributed by atoms with Crippen molar-refractivity contribution in [2.45, 2.75) is 6.92 Å². The predicted octanol–water partition coefficient (Wildman–Crippen LogP) is 5.85. The van der Waals surface area contributed by atoms with Crippen LogP contribution in [-0.2, 0) is 0 Å². The number of esters is 1. The van der Waals surface area contributed by atoms with Gasteiger partial charge in [-0.1, -0.05) is 29.3 Å². The highest BCUT2D eigenvalue weighted by Gasteiger charge is 2.19. The summed E-state index contributed by atoms with van der Waals surface area (Å²) in [5, 5.41) is 5.10. The average molecular weight is 479 g/mol. The molecule has 6 nitrogen and oxygen atoms in total. The van der Waals surface area contributed by atoms with Crippen LogP contribution in [0.1, 0.15) is 31.2 Å². The molecule has 166 valence electrons. The van der Waals surface area contributed by atoms with Crippen LogP contribution in [0.5, 0.6) is 11.5 Å². The number of thiophene rings is 1. The van der Waals surface area contributed by atoms with Gasteiger partial charge in [-0.3, -0.25) is 4.79 Å². The Balaban J connectivity index is 1.39. The lowest BCUT2D eigenvalue weighted by atomic mass is 10.1. The van der Waals surface area contributed by atoms with Crippen LogP contribution in [0.25, 0.3) is 10.1 Å². The fourth-order valence-corrected chi connectivity index (χ4v) is 4.43. The number of ether oxygens (including phenoxy) is 2. The van der Waals surface area contributed by atoms with Crippen LogP contribution in [0.3, 0.4) is 0 Å². The topological polar surface area (TPSA) is 77.0 Å². The molecule has 3 aromatic carbocycles. The lowest BCUT2D eigenvalue weighted by Crippen LogP contribution is -2.17. The van der Waals surface area contributed by atoms with E-state index in [2.05, 4.69) is 10.5 Å². The van der Waals surface area contributed by atoms with Crippen molar-refractivity contribution in [2.24, 2.45) is 5.10 Å². The van der Waals surface area contributed by atoms with Crippen molar-refractivity contribution in [3.63, 3.8) is 0 Å². The van der Waals surface area contributed by atoms with E-state index in [0.29, 0.717) is 27.0 Å². The number of hydrogen-bond donors (Lipinski definition) is 1. The van der Waals surface area contributed by atoms with Gasteiger partial charge in [0.25, 0.3) is 5.91 Å². The first kappa shape index (κ1) is 22.5. The third-order valence-electron chi connectivity index (χ3n) is 4.81. The normalized spacial score (nSPS) is 11.0. The van der Waals surface area contributed by atoms with Gasteiger partial charge in [-0.2, -0.15) is 5.10 Å². The number of hydrogen-bond acceptors (Lipinski definition) is 6. The quantitative estimate of drug-likeness (QED) is 0.163. The summed E-state index contributed by atoms with van der Waals surface area (Å²) in [6.07, 6.45) is 1.51.